The summed E-state index contributed by atoms with van der Waals surface area (Å²) in [5.74, 6) is 0. The lowest BCUT2D eigenvalue weighted by Gasteiger charge is -2.16. The van der Waals surface area contributed by atoms with Crippen LogP contribution in [0.1, 0.15) is 30.5 Å². The molecule has 0 heterocycles. The molecule has 2 rings (SSSR count). The Balaban J connectivity index is 2.40. The number of hydrogen-bond acceptors (Lipinski definition) is 1. The van der Waals surface area contributed by atoms with Gasteiger partial charge in [0.1, 0.15) is 0 Å². The summed E-state index contributed by atoms with van der Waals surface area (Å²) in [6, 6.07) is 13.1. The molecule has 0 amide bonds. The Hall–Kier alpha value is -1.81. The van der Waals surface area contributed by atoms with Crippen molar-refractivity contribution in [1.82, 2.24) is 5.32 Å². The van der Waals surface area contributed by atoms with Gasteiger partial charge in [-0.2, -0.15) is 13.2 Å². The number of hydrogen-bond donors (Lipinski definition) is 1. The lowest BCUT2D eigenvalue weighted by atomic mass is 9.96. The van der Waals surface area contributed by atoms with E-state index in [1.807, 2.05) is 19.2 Å². The molecule has 0 aliphatic rings. The van der Waals surface area contributed by atoms with Crippen molar-refractivity contribution in [2.75, 3.05) is 7.05 Å². The maximum atomic E-state index is 13.0. The fourth-order valence-electron chi connectivity index (χ4n) is 2.48. The number of benzene rings is 2. The van der Waals surface area contributed by atoms with Gasteiger partial charge >= 0.3 is 6.18 Å². The molecule has 21 heavy (non-hydrogen) atoms. The lowest BCUT2D eigenvalue weighted by Crippen LogP contribution is -2.14. The summed E-state index contributed by atoms with van der Waals surface area (Å²) < 4.78 is 39.1. The first kappa shape index (κ1) is 15.6. The van der Waals surface area contributed by atoms with Gasteiger partial charge < -0.3 is 5.32 Å². The second kappa shape index (κ2) is 6.31. The number of nitrogens with one attached hydrogen (secondary N) is 1. The Morgan fingerprint density at radius 3 is 2.14 bits per heavy atom. The van der Waals surface area contributed by atoms with Gasteiger partial charge in [0.2, 0.25) is 0 Å². The van der Waals surface area contributed by atoms with E-state index in [2.05, 4.69) is 12.2 Å². The molecule has 1 N–H and O–H groups in total. The molecule has 0 aromatic heterocycles. The summed E-state index contributed by atoms with van der Waals surface area (Å²) in [5.41, 5.74) is 1.28. The first-order valence-electron chi connectivity index (χ1n) is 6.91. The van der Waals surface area contributed by atoms with E-state index in [1.165, 1.54) is 12.1 Å². The summed E-state index contributed by atoms with van der Waals surface area (Å²) in [6.45, 7) is 2.06. The van der Waals surface area contributed by atoms with Crippen molar-refractivity contribution in [1.29, 1.82) is 0 Å². The highest BCUT2D eigenvalue weighted by Crippen LogP contribution is 2.37. The normalized spacial score (nSPS) is 13.2. The van der Waals surface area contributed by atoms with E-state index in [-0.39, 0.29) is 11.6 Å². The average molecular weight is 293 g/mol. The minimum absolute atomic E-state index is 0.217. The first-order chi connectivity index (χ1) is 9.97. The zero-order valence-electron chi connectivity index (χ0n) is 12.0. The first-order valence-corrected chi connectivity index (χ1v) is 6.91. The summed E-state index contributed by atoms with van der Waals surface area (Å²) in [6.07, 6.45) is -3.42. The van der Waals surface area contributed by atoms with Crippen molar-refractivity contribution in [2.45, 2.75) is 25.6 Å². The maximum Gasteiger partial charge on any atom is 0.417 e. The zero-order valence-corrected chi connectivity index (χ0v) is 12.0. The van der Waals surface area contributed by atoms with E-state index >= 15 is 0 Å². The summed E-state index contributed by atoms with van der Waals surface area (Å²) in [7, 11) is 1.88. The van der Waals surface area contributed by atoms with Gasteiger partial charge in [0.05, 0.1) is 5.56 Å². The van der Waals surface area contributed by atoms with Crippen LogP contribution in [-0.4, -0.2) is 7.05 Å². The van der Waals surface area contributed by atoms with Crippen molar-refractivity contribution >= 4 is 0 Å². The molecule has 1 atom stereocenters. The Morgan fingerprint density at radius 1 is 1.00 bits per heavy atom. The van der Waals surface area contributed by atoms with Gasteiger partial charge in [-0.3, -0.25) is 0 Å². The number of alkyl halides is 3. The monoisotopic (exact) mass is 293 g/mol. The molecule has 0 saturated carbocycles. The summed E-state index contributed by atoms with van der Waals surface area (Å²) in [4.78, 5) is 0. The van der Waals surface area contributed by atoms with Crippen LogP contribution in [-0.2, 0) is 6.18 Å². The van der Waals surface area contributed by atoms with E-state index < -0.39 is 11.7 Å². The second-order valence-corrected chi connectivity index (χ2v) is 4.91. The van der Waals surface area contributed by atoms with Crippen LogP contribution in [0.15, 0.2) is 48.5 Å². The van der Waals surface area contributed by atoms with E-state index in [9.17, 15) is 13.2 Å². The molecular formula is C17H18F3N. The third-order valence-corrected chi connectivity index (χ3v) is 3.61. The molecule has 4 heteroatoms. The number of rotatable bonds is 4. The molecule has 0 fully saturated rings. The Kier molecular flexibility index (Phi) is 4.68. The molecule has 0 saturated heterocycles. The Morgan fingerprint density at radius 2 is 1.62 bits per heavy atom. The van der Waals surface area contributed by atoms with Crippen molar-refractivity contribution in [2.24, 2.45) is 0 Å². The van der Waals surface area contributed by atoms with Crippen LogP contribution in [0, 0.1) is 0 Å². The molecule has 2 aromatic carbocycles. The number of halogens is 3. The molecule has 0 spiro atoms. The van der Waals surface area contributed by atoms with Crippen LogP contribution in [0.25, 0.3) is 11.1 Å². The Bertz CT molecular complexity index is 584. The highest BCUT2D eigenvalue weighted by Gasteiger charge is 2.33. The van der Waals surface area contributed by atoms with Gasteiger partial charge in [-0.15, -0.1) is 0 Å². The molecule has 0 radical (unpaired) electrons. The quantitative estimate of drug-likeness (QED) is 0.832. The molecule has 0 aliphatic heterocycles. The molecule has 1 nitrogen and oxygen atoms in total. The van der Waals surface area contributed by atoms with Gasteiger partial charge in [-0.1, -0.05) is 49.4 Å². The molecule has 112 valence electrons. The van der Waals surface area contributed by atoms with Crippen LogP contribution in [0.2, 0.25) is 0 Å². The predicted molar refractivity (Wildman–Crippen MR) is 79.0 cm³/mol. The SMILES string of the molecule is CCC(NC)c1ccc(-c2ccccc2C(F)(F)F)cc1. The van der Waals surface area contributed by atoms with Crippen molar-refractivity contribution < 1.29 is 13.2 Å². The van der Waals surface area contributed by atoms with E-state index in [4.69, 9.17) is 0 Å². The van der Waals surface area contributed by atoms with Gasteiger partial charge in [0.15, 0.2) is 0 Å². The Labute approximate surface area is 122 Å². The highest BCUT2D eigenvalue weighted by atomic mass is 19.4. The fourth-order valence-corrected chi connectivity index (χ4v) is 2.48. The van der Waals surface area contributed by atoms with Gasteiger partial charge in [0.25, 0.3) is 0 Å². The average Bonchev–Trinajstić information content (AvgIpc) is 2.48. The molecule has 0 aliphatic carbocycles. The van der Waals surface area contributed by atoms with Gasteiger partial charge in [0, 0.05) is 6.04 Å². The van der Waals surface area contributed by atoms with Crippen LogP contribution >= 0.6 is 0 Å². The van der Waals surface area contributed by atoms with Crippen LogP contribution in [0.3, 0.4) is 0 Å². The van der Waals surface area contributed by atoms with Crippen molar-refractivity contribution in [3.63, 3.8) is 0 Å². The third kappa shape index (κ3) is 3.45. The lowest BCUT2D eigenvalue weighted by molar-refractivity contribution is -0.137. The van der Waals surface area contributed by atoms with Gasteiger partial charge in [-0.05, 0) is 36.2 Å². The fraction of sp³-hybridized carbons (Fsp3) is 0.294. The molecule has 1 unspecified atom stereocenters. The second-order valence-electron chi connectivity index (χ2n) is 4.91. The van der Waals surface area contributed by atoms with E-state index in [1.54, 1.807) is 18.2 Å². The molecule has 0 bridgehead atoms. The van der Waals surface area contributed by atoms with Crippen LogP contribution < -0.4 is 5.32 Å². The standard InChI is InChI=1S/C17H18F3N/c1-3-16(21-2)13-10-8-12(9-11-13)14-6-4-5-7-15(14)17(18,19)20/h4-11,16,21H,3H2,1-2H3. The van der Waals surface area contributed by atoms with E-state index in [0.717, 1.165) is 18.1 Å². The minimum atomic E-state index is -4.34. The minimum Gasteiger partial charge on any atom is -0.313 e. The predicted octanol–water partition coefficient (Wildman–Crippen LogP) is 5.04. The smallest absolute Gasteiger partial charge is 0.313 e. The third-order valence-electron chi connectivity index (χ3n) is 3.61. The molecular weight excluding hydrogens is 275 g/mol. The molecule has 2 aromatic rings. The van der Waals surface area contributed by atoms with Crippen LogP contribution in [0.5, 0.6) is 0 Å². The largest absolute Gasteiger partial charge is 0.417 e. The van der Waals surface area contributed by atoms with Crippen molar-refractivity contribution in [3.05, 3.63) is 59.7 Å². The summed E-state index contributed by atoms with van der Waals surface area (Å²) >= 11 is 0. The maximum absolute atomic E-state index is 13.0. The summed E-state index contributed by atoms with van der Waals surface area (Å²) in [5, 5.41) is 3.18. The highest BCUT2D eigenvalue weighted by molar-refractivity contribution is 5.68. The van der Waals surface area contributed by atoms with E-state index in [0.29, 0.717) is 5.56 Å². The van der Waals surface area contributed by atoms with Gasteiger partial charge in [-0.25, -0.2) is 0 Å². The zero-order chi connectivity index (χ0) is 15.5. The van der Waals surface area contributed by atoms with Crippen molar-refractivity contribution in [3.8, 4) is 11.1 Å². The van der Waals surface area contributed by atoms with Crippen LogP contribution in [0.4, 0.5) is 13.2 Å². The topological polar surface area (TPSA) is 12.0 Å².